The number of nitro groups is 2. The lowest BCUT2D eigenvalue weighted by atomic mass is 10.1. The van der Waals surface area contributed by atoms with Crippen LogP contribution in [0.1, 0.15) is 105 Å². The van der Waals surface area contributed by atoms with E-state index in [4.69, 9.17) is 0 Å². The van der Waals surface area contributed by atoms with Crippen molar-refractivity contribution < 1.29 is 9.85 Å². The van der Waals surface area contributed by atoms with Crippen molar-refractivity contribution in [2.45, 2.75) is 116 Å². The lowest BCUT2D eigenvalue weighted by Crippen LogP contribution is -2.43. The Kier molecular flexibility index (Phi) is 22.0. The standard InChI is InChI=1S/C66H70N4O4Si2/c1-49(2)75(50(3)4,51(5)6)47-45-59(61(33-21-55-25-37-63(38-26-55)67(13)14)34-22-56-27-39-64(40-28-56)68(15)16)19-17-18-20-60(46-48-76(52(7)8,53(9)10)54(11)12)62(35-23-57-29-41-65(42-30-57)69(71)72)36-24-58-31-43-66(44-32-58)70(73)74/h25-32,37-44,49-54H,1-16H3. The zero-order valence-electron chi connectivity index (χ0n) is 47.1. The summed E-state index contributed by atoms with van der Waals surface area (Å²) < 4.78 is 0. The highest BCUT2D eigenvalue weighted by Crippen LogP contribution is 2.42. The van der Waals surface area contributed by atoms with Gasteiger partial charge in [0.05, 0.1) is 32.1 Å². The highest BCUT2D eigenvalue weighted by molar-refractivity contribution is 6.91. The molecule has 0 aliphatic heterocycles. The van der Waals surface area contributed by atoms with Crippen molar-refractivity contribution in [3.8, 4) is 94.0 Å². The van der Waals surface area contributed by atoms with Gasteiger partial charge in [0, 0.05) is 86.1 Å². The second kappa shape index (κ2) is 27.8. The minimum Gasteiger partial charge on any atom is -0.378 e. The second-order valence-electron chi connectivity index (χ2n) is 20.8. The summed E-state index contributed by atoms with van der Waals surface area (Å²) in [5.74, 6) is 46.1. The van der Waals surface area contributed by atoms with Crippen LogP contribution in [-0.4, -0.2) is 54.2 Å². The molecule has 4 rings (SSSR count). The maximum Gasteiger partial charge on any atom is 0.269 e. The van der Waals surface area contributed by atoms with Crippen molar-refractivity contribution in [3.63, 3.8) is 0 Å². The number of benzene rings is 4. The Hall–Kier alpha value is -8.33. The smallest absolute Gasteiger partial charge is 0.269 e. The van der Waals surface area contributed by atoms with Gasteiger partial charge in [-0.1, -0.05) is 142 Å². The molecule has 0 amide bonds. The van der Waals surface area contributed by atoms with Crippen LogP contribution in [-0.2, 0) is 0 Å². The summed E-state index contributed by atoms with van der Waals surface area (Å²) in [6.45, 7) is 27.0. The largest absolute Gasteiger partial charge is 0.378 e. The molecule has 4 aromatic rings. The number of non-ortho nitro benzene ring substituents is 2. The van der Waals surface area contributed by atoms with Gasteiger partial charge in [-0.05, 0) is 130 Å². The van der Waals surface area contributed by atoms with E-state index in [-0.39, 0.29) is 11.4 Å². The average Bonchev–Trinajstić information content (AvgIpc) is 3.37. The minimum atomic E-state index is -2.35. The van der Waals surface area contributed by atoms with Crippen LogP contribution in [0.5, 0.6) is 0 Å². The quantitative estimate of drug-likeness (QED) is 0.0680. The summed E-state index contributed by atoms with van der Waals surface area (Å²) in [6.07, 6.45) is 0. The molecule has 8 nitrogen and oxygen atoms in total. The number of anilines is 2. The highest BCUT2D eigenvalue weighted by Gasteiger charge is 2.42. The van der Waals surface area contributed by atoms with Crippen LogP contribution in [0.4, 0.5) is 22.7 Å². The number of hydrogen-bond acceptors (Lipinski definition) is 6. The van der Waals surface area contributed by atoms with E-state index < -0.39 is 26.0 Å². The molecule has 4 aromatic carbocycles. The summed E-state index contributed by atoms with van der Waals surface area (Å²) in [5, 5.41) is 23.0. The zero-order chi connectivity index (χ0) is 56.3. The molecular formula is C66H70N4O4Si2. The molecule has 0 aromatic heterocycles. The Labute approximate surface area is 456 Å². The van der Waals surface area contributed by atoms with E-state index >= 15 is 0 Å². The maximum atomic E-state index is 11.5. The first-order valence-corrected chi connectivity index (χ1v) is 30.1. The van der Waals surface area contributed by atoms with Crippen LogP contribution < -0.4 is 9.80 Å². The average molecular weight is 1040 g/mol. The van der Waals surface area contributed by atoms with E-state index in [1.807, 2.05) is 86.5 Å². The molecule has 0 N–H and O–H groups in total. The van der Waals surface area contributed by atoms with Gasteiger partial charge in [-0.25, -0.2) is 0 Å². The van der Waals surface area contributed by atoms with Crippen LogP contribution in [0.25, 0.3) is 0 Å². The van der Waals surface area contributed by atoms with Gasteiger partial charge < -0.3 is 9.80 Å². The van der Waals surface area contributed by atoms with Crippen LogP contribution in [0.3, 0.4) is 0 Å². The zero-order valence-corrected chi connectivity index (χ0v) is 49.1. The molecule has 0 unspecified atom stereocenters. The molecule has 0 bridgehead atoms. The summed E-state index contributed by atoms with van der Waals surface area (Å²) in [6, 6.07) is 28.0. The fraction of sp³-hybridized carbons (Fsp3) is 0.333. The van der Waals surface area contributed by atoms with Gasteiger partial charge in [0.15, 0.2) is 0 Å². The van der Waals surface area contributed by atoms with Gasteiger partial charge >= 0.3 is 0 Å². The number of nitro benzene ring substituents is 2. The van der Waals surface area contributed by atoms with E-state index in [0.717, 1.165) is 22.5 Å². The van der Waals surface area contributed by atoms with E-state index in [9.17, 15) is 20.2 Å². The number of nitrogens with zero attached hydrogens (tertiary/aromatic N) is 4. The topological polar surface area (TPSA) is 92.8 Å². The van der Waals surface area contributed by atoms with Crippen LogP contribution in [0, 0.1) is 114 Å². The summed E-state index contributed by atoms with van der Waals surface area (Å²) in [5.41, 5.74) is 15.8. The van der Waals surface area contributed by atoms with E-state index in [1.165, 1.54) is 24.3 Å². The predicted molar refractivity (Wildman–Crippen MR) is 322 cm³/mol. The van der Waals surface area contributed by atoms with E-state index in [1.54, 1.807) is 24.3 Å². The first kappa shape index (κ1) is 60.2. The molecule has 0 aliphatic rings. The van der Waals surface area contributed by atoms with Gasteiger partial charge in [0.25, 0.3) is 11.4 Å². The Balaban J connectivity index is 2.21. The fourth-order valence-electron chi connectivity index (χ4n) is 9.58. The first-order chi connectivity index (χ1) is 35.9. The number of hydrogen-bond donors (Lipinski definition) is 0. The van der Waals surface area contributed by atoms with Crippen molar-refractivity contribution in [2.75, 3.05) is 38.0 Å². The lowest BCUT2D eigenvalue weighted by Gasteiger charge is -2.38. The molecule has 76 heavy (non-hydrogen) atoms. The van der Waals surface area contributed by atoms with Crippen molar-refractivity contribution in [3.05, 3.63) is 162 Å². The molecule has 0 fully saturated rings. The molecule has 0 spiro atoms. The third-order valence-corrected chi connectivity index (χ3v) is 26.3. The Morgan fingerprint density at radius 1 is 0.368 bits per heavy atom. The maximum absolute atomic E-state index is 11.5. The molecule has 0 heterocycles. The number of allylic oxidation sites excluding steroid dienone is 4. The number of rotatable bonds is 10. The Morgan fingerprint density at radius 2 is 0.592 bits per heavy atom. The van der Waals surface area contributed by atoms with Crippen molar-refractivity contribution in [1.29, 1.82) is 0 Å². The van der Waals surface area contributed by atoms with Crippen LogP contribution in [0.2, 0.25) is 33.2 Å². The van der Waals surface area contributed by atoms with Gasteiger partial charge in [0.1, 0.15) is 16.1 Å². The van der Waals surface area contributed by atoms with Crippen molar-refractivity contribution in [1.82, 2.24) is 0 Å². The molecule has 0 saturated carbocycles. The van der Waals surface area contributed by atoms with Crippen molar-refractivity contribution in [2.24, 2.45) is 0 Å². The first-order valence-electron chi connectivity index (χ1n) is 25.6. The molecule has 386 valence electrons. The lowest BCUT2D eigenvalue weighted by molar-refractivity contribution is -0.385. The third kappa shape index (κ3) is 16.1. The highest BCUT2D eigenvalue weighted by atomic mass is 28.3. The monoisotopic (exact) mass is 1040 g/mol. The van der Waals surface area contributed by atoms with Gasteiger partial charge in [-0.3, -0.25) is 20.2 Å². The van der Waals surface area contributed by atoms with Crippen LogP contribution in [0.15, 0.2) is 119 Å². The normalized spacial score (nSPS) is 10.4. The van der Waals surface area contributed by atoms with Gasteiger partial charge in [-0.2, -0.15) is 0 Å². The van der Waals surface area contributed by atoms with Gasteiger partial charge in [0.2, 0.25) is 0 Å². The molecule has 10 heteroatoms. The van der Waals surface area contributed by atoms with Gasteiger partial charge in [-0.15, -0.1) is 11.1 Å². The summed E-state index contributed by atoms with van der Waals surface area (Å²) in [7, 11) is 3.34. The van der Waals surface area contributed by atoms with E-state index in [0.29, 0.717) is 66.7 Å². The summed E-state index contributed by atoms with van der Waals surface area (Å²) in [4.78, 5) is 26.1. The minimum absolute atomic E-state index is 0.0613. The predicted octanol–water partition coefficient (Wildman–Crippen LogP) is 14.2. The Bertz CT molecular complexity index is 3160. The van der Waals surface area contributed by atoms with Crippen LogP contribution >= 0.6 is 0 Å². The third-order valence-electron chi connectivity index (χ3n) is 13.7. The molecule has 0 saturated heterocycles. The SMILES string of the molecule is CC(C)[Si](C#CC(C#CC#CC(C#C[Si](C(C)C)(C(C)C)C(C)C)=C(C#Cc1ccc([N+](=O)[O-])cc1)C#Cc1ccc([N+](=O)[O-])cc1)=C(C#Cc1ccc(N(C)C)cc1)C#Cc1ccc(N(C)C)cc1)(C(C)C)C(C)C. The fourth-order valence-corrected chi connectivity index (χ4v) is 20.0. The van der Waals surface area contributed by atoms with E-state index in [2.05, 4.69) is 177 Å². The molecular weight excluding hydrogens is 969 g/mol. The molecule has 0 radical (unpaired) electrons. The second-order valence-corrected chi connectivity index (χ2v) is 31.9. The van der Waals surface area contributed by atoms with Crippen molar-refractivity contribution >= 4 is 38.9 Å². The Morgan fingerprint density at radius 3 is 0.803 bits per heavy atom. The summed E-state index contributed by atoms with van der Waals surface area (Å²) >= 11 is 0. The molecule has 0 atom stereocenters. The molecule has 0 aliphatic carbocycles.